The van der Waals surface area contributed by atoms with E-state index in [0.29, 0.717) is 0 Å². The Balaban J connectivity index is 2.11. The van der Waals surface area contributed by atoms with Crippen molar-refractivity contribution >= 4 is 40.8 Å². The summed E-state index contributed by atoms with van der Waals surface area (Å²) in [5.41, 5.74) is -0.624. The van der Waals surface area contributed by atoms with Gasteiger partial charge in [0.2, 0.25) is 5.91 Å². The average Bonchev–Trinajstić information content (AvgIpc) is 2.57. The summed E-state index contributed by atoms with van der Waals surface area (Å²) in [6.07, 6.45) is -1.09. The van der Waals surface area contributed by atoms with Crippen molar-refractivity contribution in [1.82, 2.24) is 5.32 Å². The zero-order valence-corrected chi connectivity index (χ0v) is 14.7. The third-order valence-corrected chi connectivity index (χ3v) is 4.21. The number of hydrogen-bond donors (Lipinski definition) is 1. The zero-order valence-electron chi connectivity index (χ0n) is 13.2. The second-order valence-corrected chi connectivity index (χ2v) is 6.22. The average molecular weight is 391 g/mol. The standard InChI is InChI=1S/C15H16Cl2N2O6/c1-8-14(11(6-12(17)24-8)18-13(20)7-16)25-15(21)9-2-4-10(5-3-9)19(22)23/h2-5,8,11-12,14H,6-7H2,1H3,(H,18,20)/t8-,11+,12+,14+/m1/s1. The highest BCUT2D eigenvalue weighted by Gasteiger charge is 2.39. The first-order valence-corrected chi connectivity index (χ1v) is 8.39. The van der Waals surface area contributed by atoms with Gasteiger partial charge in [0.25, 0.3) is 5.69 Å². The van der Waals surface area contributed by atoms with Gasteiger partial charge in [-0.05, 0) is 19.1 Å². The number of nitrogens with one attached hydrogen (secondary N) is 1. The molecule has 1 aliphatic heterocycles. The lowest BCUT2D eigenvalue weighted by atomic mass is 10.00. The molecule has 0 aliphatic carbocycles. The molecule has 2 rings (SSSR count). The van der Waals surface area contributed by atoms with Crippen LogP contribution < -0.4 is 5.32 Å². The normalized spacial score (nSPS) is 25.9. The van der Waals surface area contributed by atoms with E-state index in [-0.39, 0.29) is 23.6 Å². The van der Waals surface area contributed by atoms with E-state index in [1.807, 2.05) is 0 Å². The molecule has 0 bridgehead atoms. The molecule has 1 N–H and O–H groups in total. The molecular formula is C15H16Cl2N2O6. The molecule has 1 aromatic carbocycles. The third kappa shape index (κ3) is 5.04. The number of carbonyl (C=O) groups is 2. The zero-order chi connectivity index (χ0) is 18.6. The van der Waals surface area contributed by atoms with Crippen molar-refractivity contribution in [2.45, 2.75) is 37.2 Å². The lowest BCUT2D eigenvalue weighted by molar-refractivity contribution is -0.384. The molecule has 8 nitrogen and oxygen atoms in total. The lowest BCUT2D eigenvalue weighted by Crippen LogP contribution is -2.55. The smallest absolute Gasteiger partial charge is 0.338 e. The largest absolute Gasteiger partial charge is 0.454 e. The van der Waals surface area contributed by atoms with Crippen molar-refractivity contribution < 1.29 is 24.0 Å². The van der Waals surface area contributed by atoms with Crippen LogP contribution in [0.25, 0.3) is 0 Å². The van der Waals surface area contributed by atoms with E-state index in [2.05, 4.69) is 5.32 Å². The Morgan fingerprint density at radius 3 is 2.60 bits per heavy atom. The number of amides is 1. The first-order valence-electron chi connectivity index (χ1n) is 7.42. The van der Waals surface area contributed by atoms with Crippen LogP contribution in [0.1, 0.15) is 23.7 Å². The molecule has 136 valence electrons. The van der Waals surface area contributed by atoms with E-state index < -0.39 is 40.6 Å². The van der Waals surface area contributed by atoms with Crippen LogP contribution in [0, 0.1) is 10.1 Å². The predicted octanol–water partition coefficient (Wildman–Crippen LogP) is 2.22. The summed E-state index contributed by atoms with van der Waals surface area (Å²) < 4.78 is 10.9. The highest BCUT2D eigenvalue weighted by molar-refractivity contribution is 6.27. The van der Waals surface area contributed by atoms with Crippen LogP contribution in [0.3, 0.4) is 0 Å². The molecule has 25 heavy (non-hydrogen) atoms. The second kappa shape index (κ2) is 8.46. The Labute approximate surface area is 153 Å². The van der Waals surface area contributed by atoms with Crippen molar-refractivity contribution in [2.24, 2.45) is 0 Å². The van der Waals surface area contributed by atoms with Gasteiger partial charge in [-0.25, -0.2) is 4.79 Å². The number of hydrogen-bond acceptors (Lipinski definition) is 6. The fourth-order valence-electron chi connectivity index (χ4n) is 2.50. The summed E-state index contributed by atoms with van der Waals surface area (Å²) in [5, 5.41) is 13.3. The highest BCUT2D eigenvalue weighted by atomic mass is 35.5. The monoisotopic (exact) mass is 390 g/mol. The minimum Gasteiger partial charge on any atom is -0.454 e. The van der Waals surface area contributed by atoms with E-state index in [0.717, 1.165) is 0 Å². The Hall–Kier alpha value is -1.90. The van der Waals surface area contributed by atoms with Crippen molar-refractivity contribution in [1.29, 1.82) is 0 Å². The van der Waals surface area contributed by atoms with Gasteiger partial charge >= 0.3 is 5.97 Å². The SMILES string of the molecule is C[C@H]1O[C@H](Cl)C[C@H](NC(=O)CCl)[C@H]1OC(=O)c1ccc([N+](=O)[O-])cc1. The summed E-state index contributed by atoms with van der Waals surface area (Å²) >= 11 is 11.5. The summed E-state index contributed by atoms with van der Waals surface area (Å²) in [6.45, 7) is 1.67. The van der Waals surface area contributed by atoms with Crippen LogP contribution in [0.15, 0.2) is 24.3 Å². The van der Waals surface area contributed by atoms with Crippen LogP contribution in [0.2, 0.25) is 0 Å². The lowest BCUT2D eigenvalue weighted by Gasteiger charge is -2.38. The Morgan fingerprint density at radius 1 is 1.40 bits per heavy atom. The molecule has 1 aromatic rings. The van der Waals surface area contributed by atoms with Gasteiger partial charge < -0.3 is 14.8 Å². The number of carbonyl (C=O) groups excluding carboxylic acids is 2. The molecule has 1 aliphatic rings. The maximum atomic E-state index is 12.3. The summed E-state index contributed by atoms with van der Waals surface area (Å²) in [5.74, 6) is -1.34. The van der Waals surface area contributed by atoms with Crippen molar-refractivity contribution in [3.8, 4) is 0 Å². The van der Waals surface area contributed by atoms with E-state index in [9.17, 15) is 19.7 Å². The number of nitro groups is 1. The molecular weight excluding hydrogens is 375 g/mol. The van der Waals surface area contributed by atoms with Gasteiger partial charge in [-0.2, -0.15) is 0 Å². The van der Waals surface area contributed by atoms with Gasteiger partial charge in [-0.15, -0.1) is 11.6 Å². The summed E-state index contributed by atoms with van der Waals surface area (Å²) in [4.78, 5) is 34.0. The van der Waals surface area contributed by atoms with Gasteiger partial charge in [0.05, 0.1) is 22.6 Å². The molecule has 1 fully saturated rings. The molecule has 0 saturated carbocycles. The number of esters is 1. The molecule has 0 unspecified atom stereocenters. The number of nitrogens with zero attached hydrogens (tertiary/aromatic N) is 1. The maximum Gasteiger partial charge on any atom is 0.338 e. The van der Waals surface area contributed by atoms with Crippen LogP contribution in [0.4, 0.5) is 5.69 Å². The molecule has 1 amide bonds. The van der Waals surface area contributed by atoms with Gasteiger partial charge in [-0.3, -0.25) is 14.9 Å². The van der Waals surface area contributed by atoms with Gasteiger partial charge in [0.1, 0.15) is 17.5 Å². The number of halogens is 2. The molecule has 1 heterocycles. The maximum absolute atomic E-state index is 12.3. The van der Waals surface area contributed by atoms with Crippen molar-refractivity contribution in [3.63, 3.8) is 0 Å². The van der Waals surface area contributed by atoms with Crippen LogP contribution in [0.5, 0.6) is 0 Å². The third-order valence-electron chi connectivity index (χ3n) is 3.69. The quantitative estimate of drug-likeness (QED) is 0.357. The van der Waals surface area contributed by atoms with Crippen molar-refractivity contribution in [3.05, 3.63) is 39.9 Å². The molecule has 0 radical (unpaired) electrons. The fourth-order valence-corrected chi connectivity index (χ4v) is 2.93. The minimum atomic E-state index is -0.773. The summed E-state index contributed by atoms with van der Waals surface area (Å²) in [6, 6.07) is 4.45. The summed E-state index contributed by atoms with van der Waals surface area (Å²) in [7, 11) is 0. The number of ether oxygens (including phenoxy) is 2. The topological polar surface area (TPSA) is 108 Å². The number of rotatable bonds is 5. The Kier molecular flexibility index (Phi) is 6.57. The fraction of sp³-hybridized carbons (Fsp3) is 0.467. The number of non-ortho nitro benzene ring substituents is 1. The molecule has 0 aromatic heterocycles. The van der Waals surface area contributed by atoms with E-state index in [1.54, 1.807) is 6.92 Å². The highest BCUT2D eigenvalue weighted by Crippen LogP contribution is 2.26. The first-order chi connectivity index (χ1) is 11.8. The van der Waals surface area contributed by atoms with E-state index in [1.165, 1.54) is 24.3 Å². The Bertz CT molecular complexity index is 654. The predicted molar refractivity (Wildman–Crippen MR) is 89.8 cm³/mol. The van der Waals surface area contributed by atoms with Crippen LogP contribution in [-0.4, -0.2) is 46.5 Å². The molecule has 0 spiro atoms. The van der Waals surface area contributed by atoms with Crippen LogP contribution in [-0.2, 0) is 14.3 Å². The van der Waals surface area contributed by atoms with Gasteiger partial charge in [-0.1, -0.05) is 11.6 Å². The minimum absolute atomic E-state index is 0.136. The first kappa shape index (κ1) is 19.4. The van der Waals surface area contributed by atoms with Gasteiger partial charge in [0, 0.05) is 18.6 Å². The molecule has 1 saturated heterocycles. The number of nitro benzene ring substituents is 1. The number of benzene rings is 1. The number of alkyl halides is 2. The van der Waals surface area contributed by atoms with Crippen LogP contribution >= 0.6 is 23.2 Å². The molecule has 4 atom stereocenters. The Morgan fingerprint density at radius 2 is 2.04 bits per heavy atom. The van der Waals surface area contributed by atoms with E-state index in [4.69, 9.17) is 32.7 Å². The second-order valence-electron chi connectivity index (χ2n) is 5.47. The molecule has 10 heteroatoms. The van der Waals surface area contributed by atoms with Crippen molar-refractivity contribution in [2.75, 3.05) is 5.88 Å². The van der Waals surface area contributed by atoms with E-state index >= 15 is 0 Å². The van der Waals surface area contributed by atoms with Gasteiger partial charge in [0.15, 0.2) is 0 Å².